The van der Waals surface area contributed by atoms with Crippen molar-refractivity contribution < 1.29 is 14.3 Å². The van der Waals surface area contributed by atoms with Crippen molar-refractivity contribution in [1.82, 2.24) is 10.3 Å². The van der Waals surface area contributed by atoms with Crippen LogP contribution in [0.2, 0.25) is 0 Å². The number of aromatic nitrogens is 1. The zero-order valence-electron chi connectivity index (χ0n) is 16.9. The van der Waals surface area contributed by atoms with E-state index < -0.39 is 0 Å². The van der Waals surface area contributed by atoms with Crippen LogP contribution in [-0.4, -0.2) is 43.8 Å². The average molecular weight is 383 g/mol. The third kappa shape index (κ3) is 5.70. The number of hydrogen-bond acceptors (Lipinski definition) is 5. The van der Waals surface area contributed by atoms with Crippen molar-refractivity contribution >= 4 is 11.7 Å². The first-order valence-corrected chi connectivity index (χ1v) is 9.69. The van der Waals surface area contributed by atoms with E-state index >= 15 is 0 Å². The molecule has 1 N–H and O–H groups in total. The molecule has 0 radical (unpaired) electrons. The van der Waals surface area contributed by atoms with Crippen LogP contribution in [0.25, 0.3) is 0 Å². The Morgan fingerprint density at radius 3 is 2.68 bits per heavy atom. The molecule has 1 aromatic carbocycles. The SMILES string of the molecule is CC(C)(C)c1cccc(OCC(=O)NCc2ccc(N3CCOCC3)nc2)c1. The summed E-state index contributed by atoms with van der Waals surface area (Å²) in [6, 6.07) is 11.9. The Kier molecular flexibility index (Phi) is 6.52. The summed E-state index contributed by atoms with van der Waals surface area (Å²) in [6.07, 6.45) is 1.80. The summed E-state index contributed by atoms with van der Waals surface area (Å²) >= 11 is 0. The first kappa shape index (κ1) is 20.1. The van der Waals surface area contributed by atoms with Crippen molar-refractivity contribution in [2.24, 2.45) is 0 Å². The quantitative estimate of drug-likeness (QED) is 0.831. The van der Waals surface area contributed by atoms with E-state index in [9.17, 15) is 4.79 Å². The molecule has 6 heteroatoms. The average Bonchev–Trinajstić information content (AvgIpc) is 2.71. The largest absolute Gasteiger partial charge is 0.484 e. The molecular formula is C22H29N3O3. The van der Waals surface area contributed by atoms with Gasteiger partial charge in [0.2, 0.25) is 0 Å². The highest BCUT2D eigenvalue weighted by molar-refractivity contribution is 5.77. The van der Waals surface area contributed by atoms with E-state index in [1.165, 1.54) is 5.56 Å². The lowest BCUT2D eigenvalue weighted by Crippen LogP contribution is -2.36. The molecule has 0 atom stereocenters. The van der Waals surface area contributed by atoms with Crippen LogP contribution < -0.4 is 15.0 Å². The molecule has 6 nitrogen and oxygen atoms in total. The second kappa shape index (κ2) is 9.06. The summed E-state index contributed by atoms with van der Waals surface area (Å²) in [6.45, 7) is 10.1. The molecule has 150 valence electrons. The molecule has 0 spiro atoms. The van der Waals surface area contributed by atoms with Gasteiger partial charge in [-0.2, -0.15) is 0 Å². The zero-order valence-corrected chi connectivity index (χ0v) is 16.9. The van der Waals surface area contributed by atoms with Gasteiger partial charge in [-0.1, -0.05) is 39.0 Å². The fourth-order valence-corrected chi connectivity index (χ4v) is 2.95. The molecule has 1 aliphatic heterocycles. The van der Waals surface area contributed by atoms with Gasteiger partial charge in [-0.05, 0) is 34.7 Å². The normalized spacial score (nSPS) is 14.6. The minimum Gasteiger partial charge on any atom is -0.484 e. The molecular weight excluding hydrogens is 354 g/mol. The Balaban J connectivity index is 1.45. The van der Waals surface area contributed by atoms with Crippen LogP contribution in [0.5, 0.6) is 5.75 Å². The van der Waals surface area contributed by atoms with Crippen LogP contribution in [0, 0.1) is 0 Å². The zero-order chi connectivity index (χ0) is 20.0. The first-order valence-electron chi connectivity index (χ1n) is 9.69. The number of benzene rings is 1. The van der Waals surface area contributed by atoms with Crippen molar-refractivity contribution in [2.75, 3.05) is 37.8 Å². The molecule has 0 unspecified atom stereocenters. The smallest absolute Gasteiger partial charge is 0.258 e. The van der Waals surface area contributed by atoms with Gasteiger partial charge in [0.05, 0.1) is 13.2 Å². The molecule has 1 fully saturated rings. The van der Waals surface area contributed by atoms with Crippen molar-refractivity contribution in [1.29, 1.82) is 0 Å². The van der Waals surface area contributed by atoms with E-state index in [0.717, 1.165) is 37.7 Å². The molecule has 0 saturated carbocycles. The number of amides is 1. The van der Waals surface area contributed by atoms with Gasteiger partial charge >= 0.3 is 0 Å². The fraction of sp³-hybridized carbons (Fsp3) is 0.455. The second-order valence-electron chi connectivity index (χ2n) is 7.97. The third-order valence-electron chi connectivity index (χ3n) is 4.70. The lowest BCUT2D eigenvalue weighted by molar-refractivity contribution is -0.123. The number of ether oxygens (including phenoxy) is 2. The van der Waals surface area contributed by atoms with Gasteiger partial charge in [-0.3, -0.25) is 4.79 Å². The lowest BCUT2D eigenvalue weighted by atomic mass is 9.87. The number of rotatable bonds is 6. The van der Waals surface area contributed by atoms with Gasteiger partial charge < -0.3 is 19.7 Å². The standard InChI is InChI=1S/C22H29N3O3/c1-22(2,3)18-5-4-6-19(13-18)28-16-21(26)24-15-17-7-8-20(23-14-17)25-9-11-27-12-10-25/h4-8,13-14H,9-12,15-16H2,1-3H3,(H,24,26). The van der Waals surface area contributed by atoms with Crippen LogP contribution in [0.3, 0.4) is 0 Å². The summed E-state index contributed by atoms with van der Waals surface area (Å²) in [7, 11) is 0. The third-order valence-corrected chi connectivity index (χ3v) is 4.70. The van der Waals surface area contributed by atoms with Crippen LogP contribution >= 0.6 is 0 Å². The molecule has 28 heavy (non-hydrogen) atoms. The van der Waals surface area contributed by atoms with E-state index in [1.807, 2.05) is 30.3 Å². The molecule has 0 aliphatic carbocycles. The monoisotopic (exact) mass is 383 g/mol. The first-order chi connectivity index (χ1) is 13.4. The van der Waals surface area contributed by atoms with E-state index in [0.29, 0.717) is 12.3 Å². The van der Waals surface area contributed by atoms with Crippen LogP contribution in [0.15, 0.2) is 42.6 Å². The number of carbonyl (C=O) groups excluding carboxylic acids is 1. The highest BCUT2D eigenvalue weighted by atomic mass is 16.5. The summed E-state index contributed by atoms with van der Waals surface area (Å²) < 4.78 is 11.0. The topological polar surface area (TPSA) is 63.7 Å². The number of nitrogens with zero attached hydrogens (tertiary/aromatic N) is 2. The second-order valence-corrected chi connectivity index (χ2v) is 7.97. The molecule has 0 bridgehead atoms. The predicted octanol–water partition coefficient (Wildman–Crippen LogP) is 2.91. The van der Waals surface area contributed by atoms with E-state index in [-0.39, 0.29) is 17.9 Å². The number of anilines is 1. The maximum Gasteiger partial charge on any atom is 0.258 e. The van der Waals surface area contributed by atoms with Crippen molar-refractivity contribution in [3.05, 3.63) is 53.7 Å². The van der Waals surface area contributed by atoms with Crippen LogP contribution in [0.4, 0.5) is 5.82 Å². The number of carbonyl (C=O) groups is 1. The van der Waals surface area contributed by atoms with Crippen molar-refractivity contribution in [3.63, 3.8) is 0 Å². The van der Waals surface area contributed by atoms with E-state index in [2.05, 4.69) is 42.0 Å². The number of pyridine rings is 1. The minimum absolute atomic E-state index is 0.00706. The minimum atomic E-state index is -0.154. The van der Waals surface area contributed by atoms with Crippen LogP contribution in [0.1, 0.15) is 31.9 Å². The molecule has 2 aromatic rings. The predicted molar refractivity (Wildman–Crippen MR) is 110 cm³/mol. The summed E-state index contributed by atoms with van der Waals surface area (Å²) in [5, 5.41) is 2.88. The van der Waals surface area contributed by atoms with Crippen LogP contribution in [-0.2, 0) is 21.5 Å². The van der Waals surface area contributed by atoms with Gasteiger partial charge in [0.25, 0.3) is 5.91 Å². The van der Waals surface area contributed by atoms with E-state index in [1.54, 1.807) is 6.20 Å². The Bertz CT molecular complexity index is 778. The number of hydrogen-bond donors (Lipinski definition) is 1. The Hall–Kier alpha value is -2.60. The van der Waals surface area contributed by atoms with Gasteiger partial charge in [0.15, 0.2) is 6.61 Å². The summed E-state index contributed by atoms with van der Waals surface area (Å²) in [5.41, 5.74) is 2.18. The highest BCUT2D eigenvalue weighted by Crippen LogP contribution is 2.25. The summed E-state index contributed by atoms with van der Waals surface area (Å²) in [5.74, 6) is 1.50. The Labute approximate surface area is 166 Å². The summed E-state index contributed by atoms with van der Waals surface area (Å²) in [4.78, 5) is 18.8. The molecule has 1 amide bonds. The fourth-order valence-electron chi connectivity index (χ4n) is 2.95. The molecule has 3 rings (SSSR count). The number of nitrogens with one attached hydrogen (secondary N) is 1. The van der Waals surface area contributed by atoms with Gasteiger partial charge in [0, 0.05) is 25.8 Å². The molecule has 1 aliphatic rings. The Morgan fingerprint density at radius 2 is 2.00 bits per heavy atom. The molecule has 1 saturated heterocycles. The lowest BCUT2D eigenvalue weighted by Gasteiger charge is -2.27. The van der Waals surface area contributed by atoms with Crippen molar-refractivity contribution in [3.8, 4) is 5.75 Å². The molecule has 1 aromatic heterocycles. The van der Waals surface area contributed by atoms with Gasteiger partial charge in [0.1, 0.15) is 11.6 Å². The maximum atomic E-state index is 12.1. The highest BCUT2D eigenvalue weighted by Gasteiger charge is 2.14. The van der Waals surface area contributed by atoms with Gasteiger partial charge in [-0.25, -0.2) is 4.98 Å². The van der Waals surface area contributed by atoms with Gasteiger partial charge in [-0.15, -0.1) is 0 Å². The van der Waals surface area contributed by atoms with E-state index in [4.69, 9.17) is 9.47 Å². The maximum absolute atomic E-state index is 12.1. The van der Waals surface area contributed by atoms with Crippen molar-refractivity contribution in [2.45, 2.75) is 32.7 Å². The Morgan fingerprint density at radius 1 is 1.21 bits per heavy atom. The number of morpholine rings is 1. The molecule has 2 heterocycles.